The van der Waals surface area contributed by atoms with Crippen LogP contribution < -0.4 is 5.32 Å². The zero-order chi connectivity index (χ0) is 13.8. The van der Waals surface area contributed by atoms with Gasteiger partial charge in [-0.25, -0.2) is 4.98 Å². The number of para-hydroxylation sites is 2. The van der Waals surface area contributed by atoms with Crippen molar-refractivity contribution in [2.45, 2.75) is 19.5 Å². The molecule has 0 radical (unpaired) electrons. The molecule has 2 aromatic rings. The molecule has 0 bridgehead atoms. The second-order valence-corrected chi connectivity index (χ2v) is 5.14. The Balaban J connectivity index is 1.89. The van der Waals surface area contributed by atoms with Crippen LogP contribution in [0, 0.1) is 11.3 Å². The third-order valence-electron chi connectivity index (χ3n) is 3.76. The summed E-state index contributed by atoms with van der Waals surface area (Å²) in [5.41, 5.74) is 2.03. The summed E-state index contributed by atoms with van der Waals surface area (Å²) < 4.78 is 2.04. The van der Waals surface area contributed by atoms with Crippen LogP contribution in [0.2, 0.25) is 0 Å². The van der Waals surface area contributed by atoms with Gasteiger partial charge in [-0.2, -0.15) is 5.26 Å². The Kier molecular flexibility index (Phi) is 3.95. The Bertz CT molecular complexity index is 617. The molecule has 1 saturated heterocycles. The molecule has 1 aliphatic rings. The molecule has 0 unspecified atom stereocenters. The molecule has 3 rings (SSSR count). The highest BCUT2D eigenvalue weighted by Crippen LogP contribution is 2.17. The fraction of sp³-hybridized carbons (Fsp3) is 0.467. The molecular formula is C15H19N5. The molecular weight excluding hydrogens is 250 g/mol. The van der Waals surface area contributed by atoms with Crippen molar-refractivity contribution in [3.63, 3.8) is 0 Å². The van der Waals surface area contributed by atoms with Crippen LogP contribution in [0.1, 0.15) is 12.2 Å². The van der Waals surface area contributed by atoms with Crippen LogP contribution in [0.4, 0.5) is 0 Å². The van der Waals surface area contributed by atoms with Crippen molar-refractivity contribution in [3.8, 4) is 6.07 Å². The average Bonchev–Trinajstić information content (AvgIpc) is 2.64. The highest BCUT2D eigenvalue weighted by molar-refractivity contribution is 5.76. The summed E-state index contributed by atoms with van der Waals surface area (Å²) in [6, 6.07) is 10.3. The maximum Gasteiger partial charge on any atom is 0.125 e. The fourth-order valence-corrected chi connectivity index (χ4v) is 2.75. The van der Waals surface area contributed by atoms with Gasteiger partial charge in [0.1, 0.15) is 12.4 Å². The smallest absolute Gasteiger partial charge is 0.125 e. The van der Waals surface area contributed by atoms with Crippen molar-refractivity contribution < 1.29 is 0 Å². The molecule has 0 saturated carbocycles. The molecule has 0 amide bonds. The third kappa shape index (κ3) is 2.67. The van der Waals surface area contributed by atoms with Crippen LogP contribution in [0.25, 0.3) is 11.0 Å². The maximum absolute atomic E-state index is 9.05. The standard InChI is InChI=1S/C15H19N5/c16-6-10-20-14-5-2-1-4-13(14)18-15(20)12-19-9-3-7-17-8-11-19/h1-2,4-5,17H,3,7-12H2. The first-order valence-electron chi connectivity index (χ1n) is 7.12. The number of benzene rings is 1. The van der Waals surface area contributed by atoms with Crippen LogP contribution >= 0.6 is 0 Å². The van der Waals surface area contributed by atoms with Gasteiger partial charge in [-0.3, -0.25) is 4.90 Å². The van der Waals surface area contributed by atoms with E-state index in [4.69, 9.17) is 10.2 Å². The number of hydrogen-bond donors (Lipinski definition) is 1. The lowest BCUT2D eigenvalue weighted by Gasteiger charge is -2.19. The van der Waals surface area contributed by atoms with Crippen molar-refractivity contribution in [2.75, 3.05) is 26.2 Å². The predicted octanol–water partition coefficient (Wildman–Crippen LogP) is 1.36. The van der Waals surface area contributed by atoms with E-state index in [0.717, 1.165) is 49.6 Å². The molecule has 20 heavy (non-hydrogen) atoms. The molecule has 1 N–H and O–H groups in total. The van der Waals surface area contributed by atoms with Gasteiger partial charge in [0.05, 0.1) is 23.6 Å². The van der Waals surface area contributed by atoms with Gasteiger partial charge >= 0.3 is 0 Å². The number of rotatable bonds is 3. The molecule has 0 atom stereocenters. The van der Waals surface area contributed by atoms with Gasteiger partial charge in [0.25, 0.3) is 0 Å². The normalized spacial score (nSPS) is 16.9. The molecule has 1 aromatic heterocycles. The minimum atomic E-state index is 0.363. The van der Waals surface area contributed by atoms with Crippen molar-refractivity contribution >= 4 is 11.0 Å². The Labute approximate surface area is 118 Å². The van der Waals surface area contributed by atoms with E-state index in [1.807, 2.05) is 28.8 Å². The van der Waals surface area contributed by atoms with Crippen molar-refractivity contribution in [1.82, 2.24) is 19.8 Å². The van der Waals surface area contributed by atoms with Gasteiger partial charge in [0.15, 0.2) is 0 Å². The minimum Gasteiger partial charge on any atom is -0.315 e. The molecule has 0 aliphatic carbocycles. The van der Waals surface area contributed by atoms with Crippen molar-refractivity contribution in [1.29, 1.82) is 5.26 Å². The van der Waals surface area contributed by atoms with Crippen LogP contribution in [0.15, 0.2) is 24.3 Å². The highest BCUT2D eigenvalue weighted by Gasteiger charge is 2.15. The van der Waals surface area contributed by atoms with E-state index in [2.05, 4.69) is 16.3 Å². The largest absolute Gasteiger partial charge is 0.315 e. The zero-order valence-electron chi connectivity index (χ0n) is 11.5. The molecule has 1 aromatic carbocycles. The van der Waals surface area contributed by atoms with Gasteiger partial charge in [-0.05, 0) is 31.6 Å². The lowest BCUT2D eigenvalue weighted by atomic mass is 10.3. The monoisotopic (exact) mass is 269 g/mol. The van der Waals surface area contributed by atoms with Crippen LogP contribution in [0.5, 0.6) is 0 Å². The summed E-state index contributed by atoms with van der Waals surface area (Å²) in [4.78, 5) is 7.12. The minimum absolute atomic E-state index is 0.363. The molecule has 0 spiro atoms. The number of imidazole rings is 1. The summed E-state index contributed by atoms with van der Waals surface area (Å²) in [5, 5.41) is 12.5. The van der Waals surface area contributed by atoms with Crippen LogP contribution in [-0.2, 0) is 13.1 Å². The van der Waals surface area contributed by atoms with Gasteiger partial charge in [0, 0.05) is 13.1 Å². The Morgan fingerprint density at radius 1 is 1.25 bits per heavy atom. The molecule has 2 heterocycles. The van der Waals surface area contributed by atoms with E-state index in [1.54, 1.807) is 0 Å². The fourth-order valence-electron chi connectivity index (χ4n) is 2.75. The summed E-state index contributed by atoms with van der Waals surface area (Å²) >= 11 is 0. The van der Waals surface area contributed by atoms with Crippen LogP contribution in [-0.4, -0.2) is 40.6 Å². The quantitative estimate of drug-likeness (QED) is 0.914. The number of nitrogens with one attached hydrogen (secondary N) is 1. The Morgan fingerprint density at radius 2 is 2.15 bits per heavy atom. The first-order valence-corrected chi connectivity index (χ1v) is 7.12. The predicted molar refractivity (Wildman–Crippen MR) is 78.1 cm³/mol. The summed E-state index contributed by atoms with van der Waals surface area (Å²) in [5.74, 6) is 0.995. The lowest BCUT2D eigenvalue weighted by molar-refractivity contribution is 0.274. The number of nitriles is 1. The molecule has 5 nitrogen and oxygen atoms in total. The Hall–Kier alpha value is -1.90. The molecule has 104 valence electrons. The number of aromatic nitrogens is 2. The van der Waals surface area contributed by atoms with E-state index < -0.39 is 0 Å². The van der Waals surface area contributed by atoms with Crippen molar-refractivity contribution in [3.05, 3.63) is 30.1 Å². The van der Waals surface area contributed by atoms with E-state index in [1.165, 1.54) is 6.42 Å². The van der Waals surface area contributed by atoms with Crippen LogP contribution in [0.3, 0.4) is 0 Å². The molecule has 5 heteroatoms. The second-order valence-electron chi connectivity index (χ2n) is 5.14. The van der Waals surface area contributed by atoms with E-state index in [9.17, 15) is 0 Å². The zero-order valence-corrected chi connectivity index (χ0v) is 11.5. The summed E-state index contributed by atoms with van der Waals surface area (Å²) in [7, 11) is 0. The van der Waals surface area contributed by atoms with Gasteiger partial charge in [-0.15, -0.1) is 0 Å². The van der Waals surface area contributed by atoms with E-state index in [0.29, 0.717) is 6.54 Å². The van der Waals surface area contributed by atoms with Gasteiger partial charge in [0.2, 0.25) is 0 Å². The Morgan fingerprint density at radius 3 is 3.05 bits per heavy atom. The summed E-state index contributed by atoms with van der Waals surface area (Å²) in [6.45, 7) is 5.42. The SMILES string of the molecule is N#CCn1c(CN2CCCNCC2)nc2ccccc21. The second kappa shape index (κ2) is 6.04. The summed E-state index contributed by atoms with van der Waals surface area (Å²) in [6.07, 6.45) is 1.17. The molecule has 1 fully saturated rings. The van der Waals surface area contributed by atoms with Gasteiger partial charge < -0.3 is 9.88 Å². The number of nitrogens with zero attached hydrogens (tertiary/aromatic N) is 4. The third-order valence-corrected chi connectivity index (χ3v) is 3.76. The number of fused-ring (bicyclic) bond motifs is 1. The average molecular weight is 269 g/mol. The first kappa shape index (κ1) is 13.1. The molecule has 1 aliphatic heterocycles. The first-order chi connectivity index (χ1) is 9.88. The van der Waals surface area contributed by atoms with Crippen molar-refractivity contribution in [2.24, 2.45) is 0 Å². The lowest BCUT2D eigenvalue weighted by Crippen LogP contribution is -2.29. The van der Waals surface area contributed by atoms with Gasteiger partial charge in [-0.1, -0.05) is 12.1 Å². The number of hydrogen-bond acceptors (Lipinski definition) is 4. The maximum atomic E-state index is 9.05. The van der Waals surface area contributed by atoms with E-state index >= 15 is 0 Å². The topological polar surface area (TPSA) is 56.9 Å². The van der Waals surface area contributed by atoms with E-state index in [-0.39, 0.29) is 0 Å². The highest BCUT2D eigenvalue weighted by atomic mass is 15.2.